The first-order valence-corrected chi connectivity index (χ1v) is 8.69. The lowest BCUT2D eigenvalue weighted by atomic mass is 10.0. The Kier molecular flexibility index (Phi) is 5.67. The molecule has 0 aliphatic rings. The molecule has 1 aromatic heterocycles. The molecule has 0 aliphatic carbocycles. The molecule has 128 valence electrons. The number of hydrogen-bond acceptors (Lipinski definition) is 4. The zero-order valence-corrected chi connectivity index (χ0v) is 14.7. The Bertz CT molecular complexity index is 856. The van der Waals surface area contributed by atoms with Gasteiger partial charge in [0.25, 0.3) is 0 Å². The first kappa shape index (κ1) is 18.1. The van der Waals surface area contributed by atoms with Gasteiger partial charge >= 0.3 is 10.2 Å². The molecular weight excluding hydrogens is 328 g/mol. The summed E-state index contributed by atoms with van der Waals surface area (Å²) in [7, 11) is 0.906. The van der Waals surface area contributed by atoms with Crippen LogP contribution in [0.3, 0.4) is 0 Å². The summed E-state index contributed by atoms with van der Waals surface area (Å²) in [6.07, 6.45) is 3.35. The Morgan fingerprint density at radius 2 is 1.88 bits per heavy atom. The van der Waals surface area contributed by atoms with E-state index in [9.17, 15) is 8.42 Å². The van der Waals surface area contributed by atoms with E-state index in [1.54, 1.807) is 25.4 Å². The van der Waals surface area contributed by atoms with Crippen LogP contribution in [0.2, 0.25) is 0 Å². The van der Waals surface area contributed by atoms with Gasteiger partial charge in [0.05, 0.1) is 19.3 Å². The molecule has 0 radical (unpaired) electrons. The van der Waals surface area contributed by atoms with Crippen LogP contribution in [-0.4, -0.2) is 49.6 Å². The van der Waals surface area contributed by atoms with Crippen LogP contribution >= 0.6 is 0 Å². The summed E-state index contributed by atoms with van der Waals surface area (Å²) in [6.45, 7) is -0.0401. The summed E-state index contributed by atoms with van der Waals surface area (Å²) in [5, 5.41) is 8.87. The summed E-state index contributed by atoms with van der Waals surface area (Å²) in [5.41, 5.74) is 2.12. The number of aliphatic hydroxyl groups excluding tert-OH is 1. The fourth-order valence-electron chi connectivity index (χ4n) is 2.07. The van der Waals surface area contributed by atoms with Crippen LogP contribution < -0.4 is 4.74 Å². The van der Waals surface area contributed by atoms with Crippen molar-refractivity contribution in [1.82, 2.24) is 8.28 Å². The number of methoxy groups -OCH3 is 1. The third kappa shape index (κ3) is 3.79. The summed E-state index contributed by atoms with van der Waals surface area (Å²) in [5.74, 6) is 6.47. The maximum Gasteiger partial charge on any atom is 0.306 e. The van der Waals surface area contributed by atoms with Crippen LogP contribution in [0.4, 0.5) is 0 Å². The molecule has 0 bridgehead atoms. The van der Waals surface area contributed by atoms with Gasteiger partial charge in [-0.1, -0.05) is 24.0 Å². The van der Waals surface area contributed by atoms with Gasteiger partial charge in [0.1, 0.15) is 5.75 Å². The van der Waals surface area contributed by atoms with Gasteiger partial charge in [-0.3, -0.25) is 0 Å². The summed E-state index contributed by atoms with van der Waals surface area (Å²) >= 11 is 0. The van der Waals surface area contributed by atoms with Crippen molar-refractivity contribution in [2.24, 2.45) is 0 Å². The molecule has 0 aliphatic heterocycles. The highest BCUT2D eigenvalue weighted by molar-refractivity contribution is 7.87. The van der Waals surface area contributed by atoms with E-state index in [4.69, 9.17) is 9.84 Å². The molecule has 0 amide bonds. The zero-order valence-electron chi connectivity index (χ0n) is 13.9. The van der Waals surface area contributed by atoms with Crippen molar-refractivity contribution in [1.29, 1.82) is 0 Å². The van der Waals surface area contributed by atoms with E-state index in [1.165, 1.54) is 20.3 Å². The molecule has 0 atom stereocenters. The average molecular weight is 348 g/mol. The SMILES string of the molecule is COc1ccc(-c2cn(S(=O)(=O)N(C)C)cc2C#CCCO)cc1. The molecule has 0 fully saturated rings. The average Bonchev–Trinajstić information content (AvgIpc) is 3.00. The van der Waals surface area contributed by atoms with E-state index in [1.807, 2.05) is 12.1 Å². The molecule has 7 heteroatoms. The van der Waals surface area contributed by atoms with Crippen LogP contribution in [0.25, 0.3) is 11.1 Å². The molecule has 0 saturated carbocycles. The van der Waals surface area contributed by atoms with Gasteiger partial charge in [-0.2, -0.15) is 12.7 Å². The number of hydrogen-bond donors (Lipinski definition) is 1. The van der Waals surface area contributed by atoms with Gasteiger partial charge in [-0.15, -0.1) is 0 Å². The minimum atomic E-state index is -3.62. The third-order valence-corrected chi connectivity index (χ3v) is 5.06. The fraction of sp³-hybridized carbons (Fsp3) is 0.294. The number of ether oxygens (including phenoxy) is 1. The predicted octanol–water partition coefficient (Wildman–Crippen LogP) is 1.55. The van der Waals surface area contributed by atoms with Crippen molar-refractivity contribution >= 4 is 10.2 Å². The van der Waals surface area contributed by atoms with Gasteiger partial charge in [-0.05, 0) is 17.7 Å². The lowest BCUT2D eigenvalue weighted by Gasteiger charge is -2.11. The topological polar surface area (TPSA) is 71.8 Å². The Morgan fingerprint density at radius 3 is 2.42 bits per heavy atom. The van der Waals surface area contributed by atoms with Crippen LogP contribution in [0.5, 0.6) is 5.75 Å². The molecule has 1 aromatic carbocycles. The van der Waals surface area contributed by atoms with Crippen LogP contribution in [0.1, 0.15) is 12.0 Å². The molecule has 0 saturated heterocycles. The normalized spacial score (nSPS) is 11.2. The number of aromatic nitrogens is 1. The van der Waals surface area contributed by atoms with E-state index >= 15 is 0 Å². The van der Waals surface area contributed by atoms with Gasteiger partial charge in [-0.25, -0.2) is 3.97 Å². The summed E-state index contributed by atoms with van der Waals surface area (Å²) < 4.78 is 32.1. The van der Waals surface area contributed by atoms with Crippen LogP contribution in [0.15, 0.2) is 36.7 Å². The Labute approximate surface area is 142 Å². The smallest absolute Gasteiger partial charge is 0.306 e. The zero-order chi connectivity index (χ0) is 17.7. The standard InChI is InChI=1S/C17H20N2O4S/c1-18(2)24(21,22)19-12-15(6-4-5-11-20)17(13-19)14-7-9-16(23-3)10-8-14/h7-10,12-13,20H,5,11H2,1-3H3. The molecule has 24 heavy (non-hydrogen) atoms. The Morgan fingerprint density at radius 1 is 1.21 bits per heavy atom. The van der Waals surface area contributed by atoms with E-state index in [-0.39, 0.29) is 6.61 Å². The second kappa shape index (κ2) is 7.53. The number of benzene rings is 1. The van der Waals surface area contributed by atoms with Crippen molar-refractivity contribution in [3.05, 3.63) is 42.2 Å². The highest BCUT2D eigenvalue weighted by atomic mass is 32.2. The maximum absolute atomic E-state index is 12.3. The van der Waals surface area contributed by atoms with E-state index < -0.39 is 10.2 Å². The third-order valence-electron chi connectivity index (χ3n) is 3.39. The van der Waals surface area contributed by atoms with Gasteiger partial charge in [0, 0.05) is 38.5 Å². The Balaban J connectivity index is 2.55. The molecule has 2 aromatic rings. The van der Waals surface area contributed by atoms with E-state index in [0.29, 0.717) is 23.3 Å². The highest BCUT2D eigenvalue weighted by Gasteiger charge is 2.19. The molecule has 2 rings (SSSR count). The van der Waals surface area contributed by atoms with Crippen molar-refractivity contribution in [2.45, 2.75) is 6.42 Å². The monoisotopic (exact) mass is 348 g/mol. The lowest BCUT2D eigenvalue weighted by Crippen LogP contribution is -2.27. The summed E-state index contributed by atoms with van der Waals surface area (Å²) in [4.78, 5) is 0. The van der Waals surface area contributed by atoms with Crippen LogP contribution in [-0.2, 0) is 10.2 Å². The fourth-order valence-corrected chi connectivity index (χ4v) is 2.92. The number of aliphatic hydroxyl groups is 1. The molecule has 0 unspecified atom stereocenters. The van der Waals surface area contributed by atoms with E-state index in [0.717, 1.165) is 13.8 Å². The molecule has 1 N–H and O–H groups in total. The van der Waals surface area contributed by atoms with Gasteiger partial charge in [0.15, 0.2) is 0 Å². The minimum Gasteiger partial charge on any atom is -0.497 e. The molecular formula is C17H20N2O4S. The van der Waals surface area contributed by atoms with Crippen molar-refractivity contribution in [2.75, 3.05) is 27.8 Å². The minimum absolute atomic E-state index is 0.0401. The predicted molar refractivity (Wildman–Crippen MR) is 93.0 cm³/mol. The van der Waals surface area contributed by atoms with Gasteiger partial charge in [0.2, 0.25) is 0 Å². The number of nitrogens with zero attached hydrogens (tertiary/aromatic N) is 2. The quantitative estimate of drug-likeness (QED) is 0.832. The summed E-state index contributed by atoms with van der Waals surface area (Å²) in [6, 6.07) is 7.30. The first-order chi connectivity index (χ1) is 11.4. The second-order valence-electron chi connectivity index (χ2n) is 5.21. The number of rotatable bonds is 5. The second-order valence-corrected chi connectivity index (χ2v) is 7.26. The van der Waals surface area contributed by atoms with E-state index in [2.05, 4.69) is 11.8 Å². The highest BCUT2D eigenvalue weighted by Crippen LogP contribution is 2.27. The van der Waals surface area contributed by atoms with Crippen molar-refractivity contribution < 1.29 is 18.3 Å². The maximum atomic E-state index is 12.3. The van der Waals surface area contributed by atoms with Gasteiger partial charge < -0.3 is 9.84 Å². The molecule has 1 heterocycles. The van der Waals surface area contributed by atoms with Crippen molar-refractivity contribution in [3.63, 3.8) is 0 Å². The van der Waals surface area contributed by atoms with Crippen LogP contribution in [0, 0.1) is 11.8 Å². The molecule has 6 nitrogen and oxygen atoms in total. The largest absolute Gasteiger partial charge is 0.497 e. The lowest BCUT2D eigenvalue weighted by molar-refractivity contribution is 0.305. The Hall–Kier alpha value is -2.27. The van der Waals surface area contributed by atoms with Crippen molar-refractivity contribution in [3.8, 4) is 28.7 Å². The molecule has 0 spiro atoms. The first-order valence-electron chi connectivity index (χ1n) is 7.29.